The third-order valence-corrected chi connectivity index (χ3v) is 3.44. The first kappa shape index (κ1) is 12.5. The molecule has 1 saturated carbocycles. The molecule has 0 aromatic heterocycles. The van der Waals surface area contributed by atoms with Crippen LogP contribution in [0.1, 0.15) is 52.4 Å². The van der Waals surface area contributed by atoms with Crippen molar-refractivity contribution in [3.63, 3.8) is 0 Å². The van der Waals surface area contributed by atoms with E-state index in [2.05, 4.69) is 12.2 Å². The van der Waals surface area contributed by atoms with Gasteiger partial charge in [0.2, 0.25) is 5.91 Å². The van der Waals surface area contributed by atoms with Crippen molar-refractivity contribution in [3.05, 3.63) is 0 Å². The summed E-state index contributed by atoms with van der Waals surface area (Å²) in [4.78, 5) is 12.0. The summed E-state index contributed by atoms with van der Waals surface area (Å²) in [5.41, 5.74) is -0.165. The number of rotatable bonds is 4. The number of amides is 1. The van der Waals surface area contributed by atoms with E-state index in [1.165, 1.54) is 6.42 Å². The van der Waals surface area contributed by atoms with E-state index in [4.69, 9.17) is 5.11 Å². The topological polar surface area (TPSA) is 49.3 Å². The van der Waals surface area contributed by atoms with E-state index >= 15 is 0 Å². The Hall–Kier alpha value is -0.570. The summed E-state index contributed by atoms with van der Waals surface area (Å²) in [5, 5.41) is 11.8. The number of nitrogens with one attached hydrogen (secondary N) is 1. The van der Waals surface area contributed by atoms with Crippen LogP contribution >= 0.6 is 0 Å². The van der Waals surface area contributed by atoms with E-state index in [9.17, 15) is 4.79 Å². The van der Waals surface area contributed by atoms with Gasteiger partial charge in [-0.2, -0.15) is 0 Å². The van der Waals surface area contributed by atoms with Crippen LogP contribution < -0.4 is 5.32 Å². The molecule has 0 saturated heterocycles. The maximum Gasteiger partial charge on any atom is 0.226 e. The minimum absolute atomic E-state index is 0.0845. The molecule has 0 bridgehead atoms. The van der Waals surface area contributed by atoms with Gasteiger partial charge in [-0.3, -0.25) is 4.79 Å². The van der Waals surface area contributed by atoms with Gasteiger partial charge in [-0.15, -0.1) is 0 Å². The highest BCUT2D eigenvalue weighted by atomic mass is 16.3. The second-order valence-electron chi connectivity index (χ2n) is 5.01. The SMILES string of the molecule is CC(CCO)NC(=O)C1(C)CCCCC1. The van der Waals surface area contributed by atoms with E-state index in [1.54, 1.807) is 0 Å². The van der Waals surface area contributed by atoms with Crippen LogP contribution in [-0.4, -0.2) is 23.7 Å². The lowest BCUT2D eigenvalue weighted by atomic mass is 9.75. The molecule has 2 N–H and O–H groups in total. The van der Waals surface area contributed by atoms with E-state index < -0.39 is 0 Å². The molecule has 88 valence electrons. The molecular weight excluding hydrogens is 190 g/mol. The standard InChI is InChI=1S/C12H23NO2/c1-10(6-9-14)13-11(15)12(2)7-4-3-5-8-12/h10,14H,3-9H2,1-2H3,(H,13,15). The third kappa shape index (κ3) is 3.49. The maximum absolute atomic E-state index is 12.0. The summed E-state index contributed by atoms with van der Waals surface area (Å²) in [7, 11) is 0. The predicted octanol–water partition coefficient (Wildman–Crippen LogP) is 1.84. The smallest absolute Gasteiger partial charge is 0.226 e. The van der Waals surface area contributed by atoms with Crippen molar-refractivity contribution in [1.29, 1.82) is 0 Å². The highest BCUT2D eigenvalue weighted by Gasteiger charge is 2.34. The Balaban J connectivity index is 2.44. The zero-order chi connectivity index (χ0) is 11.3. The quantitative estimate of drug-likeness (QED) is 0.748. The summed E-state index contributed by atoms with van der Waals surface area (Å²) in [6, 6.07) is 0.0845. The second-order valence-corrected chi connectivity index (χ2v) is 5.01. The first-order valence-electron chi connectivity index (χ1n) is 6.00. The van der Waals surface area contributed by atoms with Gasteiger partial charge in [-0.05, 0) is 26.2 Å². The minimum Gasteiger partial charge on any atom is -0.396 e. The molecule has 0 spiro atoms. The number of hydrogen-bond donors (Lipinski definition) is 2. The van der Waals surface area contributed by atoms with Crippen LogP contribution in [-0.2, 0) is 4.79 Å². The lowest BCUT2D eigenvalue weighted by molar-refractivity contribution is -0.132. The Morgan fingerprint density at radius 3 is 2.53 bits per heavy atom. The van der Waals surface area contributed by atoms with Crippen molar-refractivity contribution in [2.75, 3.05) is 6.61 Å². The van der Waals surface area contributed by atoms with Crippen LogP contribution in [0.25, 0.3) is 0 Å². The molecule has 1 aliphatic rings. The van der Waals surface area contributed by atoms with E-state index in [-0.39, 0.29) is 24.0 Å². The Bertz CT molecular complexity index is 210. The Morgan fingerprint density at radius 1 is 1.40 bits per heavy atom. The lowest BCUT2D eigenvalue weighted by Gasteiger charge is -2.33. The van der Waals surface area contributed by atoms with Crippen molar-refractivity contribution in [2.45, 2.75) is 58.4 Å². The molecule has 0 aromatic rings. The average molecular weight is 213 g/mol. The molecular formula is C12H23NO2. The Kier molecular flexibility index (Phi) is 4.58. The summed E-state index contributed by atoms with van der Waals surface area (Å²) in [6.07, 6.45) is 6.24. The van der Waals surface area contributed by atoms with Gasteiger partial charge in [0, 0.05) is 18.1 Å². The average Bonchev–Trinajstić information content (AvgIpc) is 2.19. The number of aliphatic hydroxyl groups excluding tert-OH is 1. The van der Waals surface area contributed by atoms with Gasteiger partial charge in [-0.1, -0.05) is 26.2 Å². The monoisotopic (exact) mass is 213 g/mol. The van der Waals surface area contributed by atoms with Crippen LogP contribution in [0.4, 0.5) is 0 Å². The maximum atomic E-state index is 12.0. The zero-order valence-corrected chi connectivity index (χ0v) is 9.88. The van der Waals surface area contributed by atoms with Gasteiger partial charge in [0.05, 0.1) is 0 Å². The molecule has 3 nitrogen and oxygen atoms in total. The van der Waals surface area contributed by atoms with Crippen molar-refractivity contribution in [1.82, 2.24) is 5.32 Å². The molecule has 1 rings (SSSR count). The summed E-state index contributed by atoms with van der Waals surface area (Å²) in [5.74, 6) is 0.170. The normalized spacial score (nSPS) is 22.1. The highest BCUT2D eigenvalue weighted by molar-refractivity contribution is 5.82. The summed E-state index contributed by atoms with van der Waals surface area (Å²) < 4.78 is 0. The molecule has 0 aliphatic heterocycles. The van der Waals surface area contributed by atoms with Gasteiger partial charge in [0.25, 0.3) is 0 Å². The molecule has 1 aliphatic carbocycles. The predicted molar refractivity (Wildman–Crippen MR) is 60.5 cm³/mol. The highest BCUT2D eigenvalue weighted by Crippen LogP contribution is 2.35. The van der Waals surface area contributed by atoms with Gasteiger partial charge in [0.1, 0.15) is 0 Å². The number of carbonyl (C=O) groups is 1. The number of carbonyl (C=O) groups excluding carboxylic acids is 1. The van der Waals surface area contributed by atoms with Crippen molar-refractivity contribution >= 4 is 5.91 Å². The van der Waals surface area contributed by atoms with Crippen molar-refractivity contribution < 1.29 is 9.90 Å². The molecule has 3 heteroatoms. The van der Waals surface area contributed by atoms with Gasteiger partial charge in [-0.25, -0.2) is 0 Å². The third-order valence-electron chi connectivity index (χ3n) is 3.44. The van der Waals surface area contributed by atoms with Crippen LogP contribution in [0, 0.1) is 5.41 Å². The molecule has 0 radical (unpaired) electrons. The lowest BCUT2D eigenvalue weighted by Crippen LogP contribution is -2.44. The Labute approximate surface area is 92.3 Å². The Morgan fingerprint density at radius 2 is 2.00 bits per heavy atom. The van der Waals surface area contributed by atoms with Crippen LogP contribution in [0.2, 0.25) is 0 Å². The van der Waals surface area contributed by atoms with Crippen molar-refractivity contribution in [2.24, 2.45) is 5.41 Å². The molecule has 1 fully saturated rings. The largest absolute Gasteiger partial charge is 0.396 e. The van der Waals surface area contributed by atoms with Gasteiger partial charge >= 0.3 is 0 Å². The fourth-order valence-electron chi connectivity index (χ4n) is 2.22. The fourth-order valence-corrected chi connectivity index (χ4v) is 2.22. The molecule has 0 aromatic carbocycles. The molecule has 1 unspecified atom stereocenters. The van der Waals surface area contributed by atoms with Crippen molar-refractivity contribution in [3.8, 4) is 0 Å². The van der Waals surface area contributed by atoms with Crippen LogP contribution in [0.15, 0.2) is 0 Å². The fraction of sp³-hybridized carbons (Fsp3) is 0.917. The number of aliphatic hydroxyl groups is 1. The summed E-state index contributed by atoms with van der Waals surface area (Å²) >= 11 is 0. The first-order chi connectivity index (χ1) is 7.08. The molecule has 0 heterocycles. The number of hydrogen-bond acceptors (Lipinski definition) is 2. The van der Waals surface area contributed by atoms with Crippen LogP contribution in [0.5, 0.6) is 0 Å². The minimum atomic E-state index is -0.165. The zero-order valence-electron chi connectivity index (χ0n) is 9.88. The summed E-state index contributed by atoms with van der Waals surface area (Å²) in [6.45, 7) is 4.14. The van der Waals surface area contributed by atoms with E-state index in [1.807, 2.05) is 6.92 Å². The molecule has 1 amide bonds. The van der Waals surface area contributed by atoms with Gasteiger partial charge < -0.3 is 10.4 Å². The van der Waals surface area contributed by atoms with E-state index in [0.29, 0.717) is 6.42 Å². The molecule has 15 heavy (non-hydrogen) atoms. The molecule has 1 atom stereocenters. The second kappa shape index (κ2) is 5.50. The van der Waals surface area contributed by atoms with Crippen LogP contribution in [0.3, 0.4) is 0 Å². The van der Waals surface area contributed by atoms with Gasteiger partial charge in [0.15, 0.2) is 0 Å². The first-order valence-corrected chi connectivity index (χ1v) is 6.00. The van der Waals surface area contributed by atoms with E-state index in [0.717, 1.165) is 25.7 Å².